The van der Waals surface area contributed by atoms with E-state index in [1.165, 1.54) is 6.92 Å². The minimum atomic E-state index is -0.903. The molecular weight excluding hydrogens is 312 g/mol. The van der Waals surface area contributed by atoms with Crippen molar-refractivity contribution >= 4 is 29.3 Å². The Morgan fingerprint density at radius 2 is 1.83 bits per heavy atom. The van der Waals surface area contributed by atoms with Crippen LogP contribution < -0.4 is 4.90 Å². The number of esters is 1. The van der Waals surface area contributed by atoms with Gasteiger partial charge in [-0.1, -0.05) is 12.1 Å². The van der Waals surface area contributed by atoms with Crippen molar-refractivity contribution in [1.29, 1.82) is 0 Å². The Labute approximate surface area is 139 Å². The summed E-state index contributed by atoms with van der Waals surface area (Å²) >= 11 is 0. The van der Waals surface area contributed by atoms with Gasteiger partial charge in [0, 0.05) is 13.1 Å². The molecule has 2 aliphatic rings. The molecule has 0 aliphatic carbocycles. The van der Waals surface area contributed by atoms with Gasteiger partial charge >= 0.3 is 5.97 Å². The Bertz CT molecular complexity index is 709. The van der Waals surface area contributed by atoms with Crippen LogP contribution in [0.25, 0.3) is 0 Å². The van der Waals surface area contributed by atoms with Crippen LogP contribution in [-0.2, 0) is 19.1 Å². The molecule has 1 saturated heterocycles. The lowest BCUT2D eigenvalue weighted by Crippen LogP contribution is -2.41. The maximum Gasteiger partial charge on any atom is 0.326 e. The zero-order valence-electron chi connectivity index (χ0n) is 13.4. The summed E-state index contributed by atoms with van der Waals surface area (Å²) in [5.41, 5.74) is 0.666. The van der Waals surface area contributed by atoms with Crippen LogP contribution in [0.3, 0.4) is 0 Å². The summed E-state index contributed by atoms with van der Waals surface area (Å²) in [7, 11) is 0. The van der Waals surface area contributed by atoms with Gasteiger partial charge in [-0.2, -0.15) is 0 Å². The lowest BCUT2D eigenvalue weighted by molar-refractivity contribution is -0.157. The summed E-state index contributed by atoms with van der Waals surface area (Å²) in [6.07, 6.45) is 1.00. The second kappa shape index (κ2) is 6.43. The first-order valence-corrected chi connectivity index (χ1v) is 7.92. The fraction of sp³-hybridized carbons (Fsp3) is 0.412. The number of carbonyl (C=O) groups excluding carboxylic acids is 4. The molecule has 0 unspecified atom stereocenters. The maximum absolute atomic E-state index is 12.1. The van der Waals surface area contributed by atoms with E-state index in [0.717, 1.165) is 17.7 Å². The molecule has 0 aromatic heterocycles. The predicted molar refractivity (Wildman–Crippen MR) is 84.5 cm³/mol. The van der Waals surface area contributed by atoms with Crippen molar-refractivity contribution in [1.82, 2.24) is 4.90 Å². The van der Waals surface area contributed by atoms with Crippen LogP contribution in [0.4, 0.5) is 5.69 Å². The van der Waals surface area contributed by atoms with E-state index in [-0.39, 0.29) is 18.0 Å². The minimum absolute atomic E-state index is 0.231. The van der Waals surface area contributed by atoms with Gasteiger partial charge in [0.2, 0.25) is 0 Å². The normalized spacial score (nSPS) is 17.9. The summed E-state index contributed by atoms with van der Waals surface area (Å²) < 4.78 is 5.15. The van der Waals surface area contributed by atoms with Gasteiger partial charge in [-0.25, -0.2) is 0 Å². The number of benzene rings is 1. The molecule has 0 spiro atoms. The number of fused-ring (bicyclic) bond motifs is 1. The van der Waals surface area contributed by atoms with Crippen LogP contribution in [0.2, 0.25) is 0 Å². The van der Waals surface area contributed by atoms with Gasteiger partial charge in [0.15, 0.2) is 6.10 Å². The Morgan fingerprint density at radius 3 is 2.54 bits per heavy atom. The van der Waals surface area contributed by atoms with Crippen molar-refractivity contribution in [2.75, 3.05) is 24.5 Å². The number of likely N-dealkylation sites (tertiary alicyclic amines) is 1. The maximum atomic E-state index is 12.1. The number of anilines is 1. The van der Waals surface area contributed by atoms with Crippen molar-refractivity contribution in [2.45, 2.75) is 25.9 Å². The summed E-state index contributed by atoms with van der Waals surface area (Å²) in [4.78, 5) is 50.9. The van der Waals surface area contributed by atoms with Crippen molar-refractivity contribution in [3.8, 4) is 0 Å². The van der Waals surface area contributed by atoms with E-state index in [0.29, 0.717) is 18.8 Å². The van der Waals surface area contributed by atoms with E-state index in [9.17, 15) is 19.2 Å². The Kier molecular flexibility index (Phi) is 4.33. The number of Topliss-reactive ketones (excluding diaryl/α,β-unsaturated/α-hetero) is 1. The number of hydrogen-bond acceptors (Lipinski definition) is 5. The molecule has 24 heavy (non-hydrogen) atoms. The topological polar surface area (TPSA) is 84.0 Å². The third-order valence-corrected chi connectivity index (χ3v) is 4.24. The van der Waals surface area contributed by atoms with E-state index in [4.69, 9.17) is 4.74 Å². The molecule has 0 saturated carbocycles. The second-order valence-corrected chi connectivity index (χ2v) is 5.90. The molecule has 7 nitrogen and oxygen atoms in total. The summed E-state index contributed by atoms with van der Waals surface area (Å²) in [5, 5.41) is 0. The molecule has 0 bridgehead atoms. The van der Waals surface area contributed by atoms with E-state index in [2.05, 4.69) is 0 Å². The van der Waals surface area contributed by atoms with Gasteiger partial charge in [0.05, 0.1) is 11.3 Å². The van der Waals surface area contributed by atoms with Crippen molar-refractivity contribution in [2.24, 2.45) is 0 Å². The van der Waals surface area contributed by atoms with E-state index in [1.807, 2.05) is 0 Å². The Balaban J connectivity index is 1.64. The first-order valence-electron chi connectivity index (χ1n) is 7.92. The number of hydrogen-bond donors (Lipinski definition) is 0. The summed E-state index contributed by atoms with van der Waals surface area (Å²) in [6, 6.07) is 6.48. The molecule has 1 aromatic carbocycles. The van der Waals surface area contributed by atoms with Crippen LogP contribution in [0.15, 0.2) is 24.3 Å². The molecule has 7 heteroatoms. The molecule has 2 aliphatic heterocycles. The number of carbonyl (C=O) groups is 4. The lowest BCUT2D eigenvalue weighted by Gasteiger charge is -2.21. The molecule has 1 fully saturated rings. The molecule has 2 amide bonds. The summed E-state index contributed by atoms with van der Waals surface area (Å²) in [6.45, 7) is 2.48. The molecule has 1 aromatic rings. The van der Waals surface area contributed by atoms with Crippen molar-refractivity contribution in [3.05, 3.63) is 29.8 Å². The number of ketones is 1. The number of nitrogens with zero attached hydrogens (tertiary/aromatic N) is 2. The first-order chi connectivity index (χ1) is 11.5. The molecule has 3 rings (SSSR count). The first kappa shape index (κ1) is 16.2. The SMILES string of the molecule is C[C@@H](OC(=O)CN1C(=O)C(=O)c2ccccc21)C(=O)N1CCCC1. The smallest absolute Gasteiger partial charge is 0.326 e. The van der Waals surface area contributed by atoms with Crippen molar-refractivity contribution < 1.29 is 23.9 Å². The van der Waals surface area contributed by atoms with Crippen LogP contribution in [-0.4, -0.2) is 54.2 Å². The highest BCUT2D eigenvalue weighted by molar-refractivity contribution is 6.52. The zero-order chi connectivity index (χ0) is 17.3. The number of amides is 2. The minimum Gasteiger partial charge on any atom is -0.451 e. The van der Waals surface area contributed by atoms with Gasteiger partial charge in [-0.15, -0.1) is 0 Å². The van der Waals surface area contributed by atoms with Crippen molar-refractivity contribution in [3.63, 3.8) is 0 Å². The monoisotopic (exact) mass is 330 g/mol. The molecule has 0 radical (unpaired) electrons. The second-order valence-electron chi connectivity index (χ2n) is 5.90. The molecule has 2 heterocycles. The van der Waals surface area contributed by atoms with Gasteiger partial charge in [-0.05, 0) is 31.9 Å². The zero-order valence-corrected chi connectivity index (χ0v) is 13.4. The van der Waals surface area contributed by atoms with Crippen LogP contribution >= 0.6 is 0 Å². The van der Waals surface area contributed by atoms with Crippen LogP contribution in [0.5, 0.6) is 0 Å². The van der Waals surface area contributed by atoms with Gasteiger partial charge in [0.25, 0.3) is 17.6 Å². The lowest BCUT2D eigenvalue weighted by atomic mass is 10.1. The van der Waals surface area contributed by atoms with Gasteiger partial charge in [-0.3, -0.25) is 24.1 Å². The highest BCUT2D eigenvalue weighted by Crippen LogP contribution is 2.28. The Hall–Kier alpha value is -2.70. The average molecular weight is 330 g/mol. The molecule has 1 atom stereocenters. The number of para-hydroxylation sites is 1. The Morgan fingerprint density at radius 1 is 1.17 bits per heavy atom. The van der Waals surface area contributed by atoms with Gasteiger partial charge < -0.3 is 9.64 Å². The number of ether oxygens (including phenoxy) is 1. The third-order valence-electron chi connectivity index (χ3n) is 4.24. The number of rotatable bonds is 4. The largest absolute Gasteiger partial charge is 0.451 e. The molecular formula is C17H18N2O5. The standard InChI is InChI=1S/C17H18N2O5/c1-11(16(22)18-8-4-5-9-18)24-14(20)10-19-13-7-3-2-6-12(13)15(21)17(19)23/h2-3,6-7,11H,4-5,8-10H2,1H3/t11-/m1/s1. The highest BCUT2D eigenvalue weighted by atomic mass is 16.5. The predicted octanol–water partition coefficient (Wildman–Crippen LogP) is 0.770. The quantitative estimate of drug-likeness (QED) is 0.601. The van der Waals surface area contributed by atoms with E-state index < -0.39 is 23.8 Å². The highest BCUT2D eigenvalue weighted by Gasteiger charge is 2.37. The fourth-order valence-electron chi connectivity index (χ4n) is 3.01. The molecule has 0 N–H and O–H groups in total. The van der Waals surface area contributed by atoms with Crippen LogP contribution in [0, 0.1) is 0 Å². The van der Waals surface area contributed by atoms with E-state index in [1.54, 1.807) is 29.2 Å². The molecule has 126 valence electrons. The van der Waals surface area contributed by atoms with E-state index >= 15 is 0 Å². The van der Waals surface area contributed by atoms with Gasteiger partial charge in [0.1, 0.15) is 6.54 Å². The summed E-state index contributed by atoms with van der Waals surface area (Å²) in [5.74, 6) is -2.34. The fourth-order valence-corrected chi connectivity index (χ4v) is 3.01. The van der Waals surface area contributed by atoms with Crippen LogP contribution in [0.1, 0.15) is 30.1 Å². The average Bonchev–Trinajstić information content (AvgIpc) is 3.18. The third kappa shape index (κ3) is 2.89.